The third kappa shape index (κ3) is 5.68. The zero-order chi connectivity index (χ0) is 13.2. The van der Waals surface area contributed by atoms with E-state index in [1.165, 1.54) is 0 Å². The molecule has 0 unspecified atom stereocenters. The number of para-hydroxylation sites is 1. The first-order chi connectivity index (χ1) is 8.74. The van der Waals surface area contributed by atoms with Crippen LogP contribution in [-0.2, 0) is 4.79 Å². The van der Waals surface area contributed by atoms with Crippen LogP contribution >= 0.6 is 0 Å². The van der Waals surface area contributed by atoms with Gasteiger partial charge in [0.1, 0.15) is 0 Å². The molecular weight excluding hydrogens is 228 g/mol. The normalized spacial score (nSPS) is 10.1. The molecule has 0 aliphatic rings. The van der Waals surface area contributed by atoms with Crippen LogP contribution in [0.15, 0.2) is 30.3 Å². The van der Waals surface area contributed by atoms with E-state index < -0.39 is 0 Å². The zero-order valence-corrected chi connectivity index (χ0v) is 10.9. The second kappa shape index (κ2) is 8.53. The van der Waals surface area contributed by atoms with Gasteiger partial charge in [-0.05, 0) is 25.0 Å². The highest BCUT2D eigenvalue weighted by atomic mass is 16.2. The Balaban J connectivity index is 2.16. The Kier molecular flexibility index (Phi) is 6.87. The van der Waals surface area contributed by atoms with E-state index in [0.29, 0.717) is 19.4 Å². The van der Waals surface area contributed by atoms with Gasteiger partial charge in [-0.2, -0.15) is 0 Å². The van der Waals surface area contributed by atoms with E-state index in [-0.39, 0.29) is 12.5 Å². The average molecular weight is 250 g/mol. The van der Waals surface area contributed by atoms with Gasteiger partial charge in [0.15, 0.2) is 0 Å². The van der Waals surface area contributed by atoms with Crippen molar-refractivity contribution in [2.75, 3.05) is 31.6 Å². The van der Waals surface area contributed by atoms with E-state index >= 15 is 0 Å². The number of hydrogen-bond acceptors (Lipinski definition) is 3. The van der Waals surface area contributed by atoms with E-state index in [4.69, 9.17) is 5.11 Å². The van der Waals surface area contributed by atoms with Gasteiger partial charge in [0.2, 0.25) is 5.91 Å². The molecule has 0 atom stereocenters. The van der Waals surface area contributed by atoms with Crippen molar-refractivity contribution in [3.8, 4) is 0 Å². The molecular formula is C14H22N2O2. The van der Waals surface area contributed by atoms with Crippen molar-refractivity contribution in [3.63, 3.8) is 0 Å². The number of hydrogen-bond donors (Lipinski definition) is 2. The van der Waals surface area contributed by atoms with Gasteiger partial charge in [-0.1, -0.05) is 18.2 Å². The largest absolute Gasteiger partial charge is 0.396 e. The standard InChI is InChI=1S/C14H22N2O2/c1-16(13-7-3-2-4-8-13)11-10-15-14(18)9-5-6-12-17/h2-4,7-8,17H,5-6,9-12H2,1H3,(H,15,18). The second-order valence-electron chi connectivity index (χ2n) is 4.29. The van der Waals surface area contributed by atoms with E-state index in [1.807, 2.05) is 37.4 Å². The van der Waals surface area contributed by atoms with Crippen LogP contribution < -0.4 is 10.2 Å². The maximum Gasteiger partial charge on any atom is 0.220 e. The maximum absolute atomic E-state index is 11.4. The summed E-state index contributed by atoms with van der Waals surface area (Å²) in [4.78, 5) is 13.5. The minimum absolute atomic E-state index is 0.0601. The predicted octanol–water partition coefficient (Wildman–Crippen LogP) is 1.40. The first-order valence-electron chi connectivity index (χ1n) is 6.38. The lowest BCUT2D eigenvalue weighted by Gasteiger charge is -2.19. The summed E-state index contributed by atoms with van der Waals surface area (Å²) >= 11 is 0. The van der Waals surface area contributed by atoms with Crippen molar-refractivity contribution >= 4 is 11.6 Å². The molecule has 4 heteroatoms. The zero-order valence-electron chi connectivity index (χ0n) is 10.9. The van der Waals surface area contributed by atoms with Gasteiger partial charge in [0.05, 0.1) is 0 Å². The van der Waals surface area contributed by atoms with Gasteiger partial charge < -0.3 is 15.3 Å². The molecule has 0 spiro atoms. The van der Waals surface area contributed by atoms with Crippen LogP contribution in [0.1, 0.15) is 19.3 Å². The summed E-state index contributed by atoms with van der Waals surface area (Å²) in [6.07, 6.45) is 1.93. The molecule has 100 valence electrons. The number of amides is 1. The number of carbonyl (C=O) groups excluding carboxylic acids is 1. The summed E-state index contributed by atoms with van der Waals surface area (Å²) in [6, 6.07) is 10.1. The Labute approximate surface area is 109 Å². The number of unbranched alkanes of at least 4 members (excludes halogenated alkanes) is 1. The van der Waals surface area contributed by atoms with Crippen LogP contribution in [-0.4, -0.2) is 37.8 Å². The predicted molar refractivity (Wildman–Crippen MR) is 73.7 cm³/mol. The maximum atomic E-state index is 11.4. The van der Waals surface area contributed by atoms with Gasteiger partial charge >= 0.3 is 0 Å². The lowest BCUT2D eigenvalue weighted by molar-refractivity contribution is -0.121. The summed E-state index contributed by atoms with van der Waals surface area (Å²) in [5.74, 6) is 0.0601. The summed E-state index contributed by atoms with van der Waals surface area (Å²) in [5, 5.41) is 11.5. The number of likely N-dealkylation sites (N-methyl/N-ethyl adjacent to an activating group) is 1. The number of benzene rings is 1. The molecule has 0 fully saturated rings. The Morgan fingerprint density at radius 2 is 2.00 bits per heavy atom. The summed E-state index contributed by atoms with van der Waals surface area (Å²) < 4.78 is 0. The van der Waals surface area contributed by atoms with Gasteiger partial charge in [-0.25, -0.2) is 0 Å². The van der Waals surface area contributed by atoms with Crippen molar-refractivity contribution in [2.45, 2.75) is 19.3 Å². The van der Waals surface area contributed by atoms with Crippen molar-refractivity contribution < 1.29 is 9.90 Å². The smallest absolute Gasteiger partial charge is 0.220 e. The molecule has 4 nitrogen and oxygen atoms in total. The molecule has 1 aromatic rings. The molecule has 0 aromatic heterocycles. The topological polar surface area (TPSA) is 52.6 Å². The SMILES string of the molecule is CN(CCNC(=O)CCCCO)c1ccccc1. The highest BCUT2D eigenvalue weighted by Gasteiger charge is 2.02. The van der Waals surface area contributed by atoms with Crippen LogP contribution in [0.4, 0.5) is 5.69 Å². The summed E-state index contributed by atoms with van der Waals surface area (Å²) in [7, 11) is 2.01. The number of aliphatic hydroxyl groups is 1. The van der Waals surface area contributed by atoms with Crippen LogP contribution in [0.2, 0.25) is 0 Å². The average Bonchev–Trinajstić information content (AvgIpc) is 2.40. The third-order valence-corrected chi connectivity index (χ3v) is 2.78. The van der Waals surface area contributed by atoms with Gasteiger partial charge in [0, 0.05) is 38.9 Å². The molecule has 0 aliphatic heterocycles. The lowest BCUT2D eigenvalue weighted by atomic mass is 10.2. The molecule has 0 aliphatic carbocycles. The quantitative estimate of drug-likeness (QED) is 0.686. The van der Waals surface area contributed by atoms with Gasteiger partial charge in [-0.15, -0.1) is 0 Å². The van der Waals surface area contributed by atoms with Crippen molar-refractivity contribution in [1.82, 2.24) is 5.32 Å². The summed E-state index contributed by atoms with van der Waals surface area (Å²) in [6.45, 7) is 1.59. The molecule has 1 rings (SSSR count). The first kappa shape index (κ1) is 14.5. The van der Waals surface area contributed by atoms with Crippen molar-refractivity contribution in [3.05, 3.63) is 30.3 Å². The van der Waals surface area contributed by atoms with Crippen molar-refractivity contribution in [2.24, 2.45) is 0 Å². The summed E-state index contributed by atoms with van der Waals surface area (Å²) in [5.41, 5.74) is 1.15. The van der Waals surface area contributed by atoms with E-state index in [0.717, 1.165) is 18.7 Å². The van der Waals surface area contributed by atoms with Crippen LogP contribution in [0.25, 0.3) is 0 Å². The molecule has 0 saturated carbocycles. The number of nitrogens with zero attached hydrogens (tertiary/aromatic N) is 1. The molecule has 0 heterocycles. The minimum Gasteiger partial charge on any atom is -0.396 e. The third-order valence-electron chi connectivity index (χ3n) is 2.78. The number of aliphatic hydroxyl groups excluding tert-OH is 1. The molecule has 0 radical (unpaired) electrons. The highest BCUT2D eigenvalue weighted by molar-refractivity contribution is 5.75. The fourth-order valence-corrected chi connectivity index (χ4v) is 1.66. The Morgan fingerprint density at radius 1 is 1.28 bits per heavy atom. The minimum atomic E-state index is 0.0601. The Morgan fingerprint density at radius 3 is 2.67 bits per heavy atom. The monoisotopic (exact) mass is 250 g/mol. The first-order valence-corrected chi connectivity index (χ1v) is 6.38. The highest BCUT2D eigenvalue weighted by Crippen LogP contribution is 2.09. The fraction of sp³-hybridized carbons (Fsp3) is 0.500. The molecule has 1 amide bonds. The van der Waals surface area contributed by atoms with E-state index in [1.54, 1.807) is 0 Å². The van der Waals surface area contributed by atoms with Crippen LogP contribution in [0.3, 0.4) is 0 Å². The molecule has 18 heavy (non-hydrogen) atoms. The number of rotatable bonds is 8. The fourth-order valence-electron chi connectivity index (χ4n) is 1.66. The van der Waals surface area contributed by atoms with Gasteiger partial charge in [-0.3, -0.25) is 4.79 Å². The van der Waals surface area contributed by atoms with Crippen LogP contribution in [0, 0.1) is 0 Å². The molecule has 2 N–H and O–H groups in total. The van der Waals surface area contributed by atoms with E-state index in [2.05, 4.69) is 10.2 Å². The molecule has 1 aromatic carbocycles. The molecule has 0 saturated heterocycles. The number of nitrogens with one attached hydrogen (secondary N) is 1. The van der Waals surface area contributed by atoms with Crippen molar-refractivity contribution in [1.29, 1.82) is 0 Å². The van der Waals surface area contributed by atoms with Gasteiger partial charge in [0.25, 0.3) is 0 Å². The lowest BCUT2D eigenvalue weighted by Crippen LogP contribution is -2.32. The second-order valence-corrected chi connectivity index (χ2v) is 4.29. The van der Waals surface area contributed by atoms with Crippen LogP contribution in [0.5, 0.6) is 0 Å². The molecule has 0 bridgehead atoms. The number of carbonyl (C=O) groups is 1. The Bertz CT molecular complexity index is 341. The van der Waals surface area contributed by atoms with E-state index in [9.17, 15) is 4.79 Å². The Hall–Kier alpha value is -1.55. The number of anilines is 1.